The Morgan fingerprint density at radius 1 is 0.538 bits per heavy atom. The third-order valence-corrected chi connectivity index (χ3v) is 0. The summed E-state index contributed by atoms with van der Waals surface area (Å²) in [6.45, 7) is 9.67. The molecule has 82 valence electrons. The van der Waals surface area contributed by atoms with Crippen molar-refractivity contribution < 1.29 is 32.4 Å². The molecule has 0 heterocycles. The second-order valence-electron chi connectivity index (χ2n) is 3.15. The van der Waals surface area contributed by atoms with E-state index in [4.69, 9.17) is 0 Å². The van der Waals surface area contributed by atoms with Gasteiger partial charge in [-0.05, 0) is 0 Å². The molecular weight excluding hydrogens is 211 g/mol. The van der Waals surface area contributed by atoms with E-state index in [2.05, 4.69) is 0 Å². The molecule has 0 atom stereocenters. The molecule has 0 unspecified atom stereocenters. The van der Waals surface area contributed by atoms with Crippen molar-refractivity contribution in [2.45, 2.75) is 59.9 Å². The second kappa shape index (κ2) is 18.2. The summed E-state index contributed by atoms with van der Waals surface area (Å²) in [5.74, 6) is 0. The summed E-state index contributed by atoms with van der Waals surface area (Å²) < 4.78 is 0. The molecule has 0 N–H and O–H groups in total. The summed E-state index contributed by atoms with van der Waals surface area (Å²) in [6, 6.07) is 0. The molecule has 0 spiro atoms. The topological polar surface area (TPSA) is 69.2 Å². The first-order chi connectivity index (χ1) is 5.20. The number of hydrogen-bond acceptors (Lipinski definition) is 3. The first-order valence-electron chi connectivity index (χ1n) is 4.17. The van der Waals surface area contributed by atoms with Crippen molar-refractivity contribution in [1.82, 2.24) is 0 Å². The average Bonchev–Trinajstić information content (AvgIpc) is 1.54. The van der Waals surface area contributed by atoms with Gasteiger partial charge < -0.3 is 15.3 Å². The van der Waals surface area contributed by atoms with Crippen LogP contribution in [0.25, 0.3) is 0 Å². The van der Waals surface area contributed by atoms with Crippen LogP contribution in [-0.4, -0.2) is 18.3 Å². The van der Waals surface area contributed by atoms with Gasteiger partial charge in [0.25, 0.3) is 0 Å². The van der Waals surface area contributed by atoms with E-state index in [0.717, 1.165) is 0 Å². The minimum Gasteiger partial charge on any atom is -0.852 e. The van der Waals surface area contributed by atoms with Crippen molar-refractivity contribution in [1.29, 1.82) is 0 Å². The van der Waals surface area contributed by atoms with Gasteiger partial charge in [-0.15, -0.1) is 18.3 Å². The zero-order valence-corrected chi connectivity index (χ0v) is 10.5. The molecule has 0 aliphatic heterocycles. The number of rotatable bonds is 0. The molecule has 0 aliphatic rings. The van der Waals surface area contributed by atoms with Gasteiger partial charge in [-0.2, -0.15) is 0 Å². The Morgan fingerprint density at radius 2 is 0.538 bits per heavy atom. The van der Waals surface area contributed by atoms with E-state index in [1.54, 1.807) is 41.5 Å². The summed E-state index contributed by atoms with van der Waals surface area (Å²) in [5.41, 5.74) is 0. The largest absolute Gasteiger partial charge is 3.00 e. The predicted molar refractivity (Wildman–Crippen MR) is 45.4 cm³/mol. The Morgan fingerprint density at radius 3 is 0.538 bits per heavy atom. The smallest absolute Gasteiger partial charge is 0.852 e. The van der Waals surface area contributed by atoms with E-state index in [9.17, 15) is 15.3 Å². The predicted octanol–water partition coefficient (Wildman–Crippen LogP) is -0.737. The van der Waals surface area contributed by atoms with E-state index in [0.29, 0.717) is 0 Å². The van der Waals surface area contributed by atoms with Crippen LogP contribution in [0, 0.1) is 0 Å². The SMILES string of the molecule is CC(C)[O-].CC(C)[O-].CC(C)[O-].[Mn+3]. The van der Waals surface area contributed by atoms with Gasteiger partial charge in [0.2, 0.25) is 0 Å². The zero-order chi connectivity index (χ0) is 10.7. The van der Waals surface area contributed by atoms with Crippen molar-refractivity contribution in [3.63, 3.8) is 0 Å². The zero-order valence-electron chi connectivity index (χ0n) is 9.33. The maximum atomic E-state index is 9.53. The van der Waals surface area contributed by atoms with Crippen molar-refractivity contribution in [2.24, 2.45) is 0 Å². The number of hydrogen-bond donors (Lipinski definition) is 0. The first kappa shape index (κ1) is 23.3. The second-order valence-corrected chi connectivity index (χ2v) is 3.15. The minimum atomic E-state index is -0.417. The van der Waals surface area contributed by atoms with Crippen LogP contribution in [0.4, 0.5) is 0 Å². The van der Waals surface area contributed by atoms with Crippen LogP contribution >= 0.6 is 0 Å². The molecule has 0 aliphatic carbocycles. The van der Waals surface area contributed by atoms with Crippen molar-refractivity contribution in [2.75, 3.05) is 0 Å². The van der Waals surface area contributed by atoms with Gasteiger partial charge in [0.15, 0.2) is 0 Å². The molecule has 0 aromatic heterocycles. The minimum absolute atomic E-state index is 0. The fourth-order valence-electron chi connectivity index (χ4n) is 0. The molecule has 0 saturated carbocycles. The molecule has 0 bridgehead atoms. The summed E-state index contributed by atoms with van der Waals surface area (Å²) in [4.78, 5) is 0. The van der Waals surface area contributed by atoms with Crippen LogP contribution < -0.4 is 15.3 Å². The fourth-order valence-corrected chi connectivity index (χ4v) is 0. The third kappa shape index (κ3) is 8400. The van der Waals surface area contributed by atoms with Gasteiger partial charge in [0.1, 0.15) is 0 Å². The van der Waals surface area contributed by atoms with E-state index in [-0.39, 0.29) is 17.1 Å². The molecule has 0 fully saturated rings. The molecular formula is C9H21MnO3. The molecule has 13 heavy (non-hydrogen) atoms. The molecule has 0 amide bonds. The molecule has 4 heteroatoms. The molecule has 0 aromatic carbocycles. The summed E-state index contributed by atoms with van der Waals surface area (Å²) in [7, 11) is 0. The molecule has 0 radical (unpaired) electrons. The van der Waals surface area contributed by atoms with Gasteiger partial charge in [-0.1, -0.05) is 41.5 Å². The van der Waals surface area contributed by atoms with Crippen LogP contribution in [0.3, 0.4) is 0 Å². The molecule has 3 nitrogen and oxygen atoms in total. The average molecular weight is 232 g/mol. The Hall–Kier alpha value is 0.399. The Kier molecular flexibility index (Phi) is 32.7. The Labute approximate surface area is 92.6 Å². The quantitative estimate of drug-likeness (QED) is 0.517. The van der Waals surface area contributed by atoms with Crippen LogP contribution in [0.5, 0.6) is 0 Å². The maximum Gasteiger partial charge on any atom is 3.00 e. The van der Waals surface area contributed by atoms with Gasteiger partial charge in [-0.3, -0.25) is 0 Å². The summed E-state index contributed by atoms with van der Waals surface area (Å²) in [5, 5.41) is 28.6. The monoisotopic (exact) mass is 232 g/mol. The third-order valence-electron chi connectivity index (χ3n) is 0. The summed E-state index contributed by atoms with van der Waals surface area (Å²) in [6.07, 6.45) is -1.25. The van der Waals surface area contributed by atoms with E-state index < -0.39 is 18.3 Å². The van der Waals surface area contributed by atoms with Crippen molar-refractivity contribution >= 4 is 0 Å². The van der Waals surface area contributed by atoms with E-state index >= 15 is 0 Å². The molecule has 0 rings (SSSR count). The molecule has 0 saturated heterocycles. The fraction of sp³-hybridized carbons (Fsp3) is 1.00. The Bertz CT molecular complexity index is 43.4. The van der Waals surface area contributed by atoms with Crippen molar-refractivity contribution in [3.8, 4) is 0 Å². The first-order valence-corrected chi connectivity index (χ1v) is 4.17. The molecule has 0 aromatic rings. The normalized spacial score (nSPS) is 8.31. The maximum absolute atomic E-state index is 9.53. The Balaban J connectivity index is -0.0000000450. The van der Waals surface area contributed by atoms with Gasteiger partial charge in [-0.25, -0.2) is 0 Å². The van der Waals surface area contributed by atoms with Gasteiger partial charge in [0.05, 0.1) is 0 Å². The summed E-state index contributed by atoms with van der Waals surface area (Å²) >= 11 is 0. The van der Waals surface area contributed by atoms with Gasteiger partial charge in [0, 0.05) is 0 Å². The van der Waals surface area contributed by atoms with Gasteiger partial charge >= 0.3 is 17.1 Å². The van der Waals surface area contributed by atoms with E-state index in [1.807, 2.05) is 0 Å². The standard InChI is InChI=1S/3C3H7O.Mn/c3*1-3(2)4;/h3*3H,1-2H3;/q3*-1;+3. The van der Waals surface area contributed by atoms with Crippen LogP contribution in [0.1, 0.15) is 41.5 Å². The van der Waals surface area contributed by atoms with E-state index in [1.165, 1.54) is 0 Å². The van der Waals surface area contributed by atoms with Crippen molar-refractivity contribution in [3.05, 3.63) is 0 Å². The van der Waals surface area contributed by atoms with Crippen LogP contribution in [-0.2, 0) is 17.1 Å². The van der Waals surface area contributed by atoms with Crippen LogP contribution in [0.2, 0.25) is 0 Å². The van der Waals surface area contributed by atoms with Crippen LogP contribution in [0.15, 0.2) is 0 Å².